The van der Waals surface area contributed by atoms with Crippen LogP contribution in [0.5, 0.6) is 17.2 Å². The Kier molecular flexibility index (Phi) is 7.48. The first-order valence-electron chi connectivity index (χ1n) is 9.80. The van der Waals surface area contributed by atoms with Crippen molar-refractivity contribution in [1.82, 2.24) is 5.32 Å². The summed E-state index contributed by atoms with van der Waals surface area (Å²) in [6, 6.07) is 20.8. The number of ether oxygens (including phenoxy) is 3. The number of rotatable bonds is 8. The molecule has 7 nitrogen and oxygen atoms in total. The van der Waals surface area contributed by atoms with Crippen molar-refractivity contribution in [3.8, 4) is 17.2 Å². The zero-order chi connectivity index (χ0) is 22.9. The van der Waals surface area contributed by atoms with Gasteiger partial charge in [0, 0.05) is 16.8 Å². The van der Waals surface area contributed by atoms with Gasteiger partial charge in [0.25, 0.3) is 11.8 Å². The summed E-state index contributed by atoms with van der Waals surface area (Å²) in [5.41, 5.74) is 1.59. The van der Waals surface area contributed by atoms with Crippen molar-refractivity contribution in [2.24, 2.45) is 0 Å². The number of hydrogen-bond acceptors (Lipinski definition) is 5. The molecule has 0 aliphatic heterocycles. The molecule has 0 aliphatic rings. The molecule has 0 bridgehead atoms. The van der Waals surface area contributed by atoms with Gasteiger partial charge >= 0.3 is 0 Å². The summed E-state index contributed by atoms with van der Waals surface area (Å²) >= 11 is 0. The van der Waals surface area contributed by atoms with E-state index in [1.165, 1.54) is 14.2 Å². The minimum Gasteiger partial charge on any atom is -0.497 e. The number of benzene rings is 3. The monoisotopic (exact) mass is 432 g/mol. The van der Waals surface area contributed by atoms with E-state index >= 15 is 0 Å². The minimum atomic E-state index is -0.496. The minimum absolute atomic E-state index is 0.0428. The Hall–Kier alpha value is -4.26. The number of carbonyl (C=O) groups excluding carboxylic acids is 2. The molecule has 0 spiro atoms. The van der Waals surface area contributed by atoms with Gasteiger partial charge in [0.15, 0.2) is 11.5 Å². The van der Waals surface area contributed by atoms with Crippen molar-refractivity contribution in [2.75, 3.05) is 26.6 Å². The van der Waals surface area contributed by atoms with Crippen molar-refractivity contribution in [2.45, 2.75) is 0 Å². The highest BCUT2D eigenvalue weighted by atomic mass is 16.5. The maximum Gasteiger partial charge on any atom is 0.272 e. The topological polar surface area (TPSA) is 85.9 Å². The van der Waals surface area contributed by atoms with Gasteiger partial charge in [0.2, 0.25) is 0 Å². The Labute approximate surface area is 186 Å². The van der Waals surface area contributed by atoms with E-state index in [0.717, 1.165) is 0 Å². The smallest absolute Gasteiger partial charge is 0.272 e. The second-order valence-electron chi connectivity index (χ2n) is 6.64. The van der Waals surface area contributed by atoms with Crippen LogP contribution in [0.3, 0.4) is 0 Å². The average Bonchev–Trinajstić information content (AvgIpc) is 2.84. The van der Waals surface area contributed by atoms with Gasteiger partial charge in [-0.2, -0.15) is 0 Å². The highest BCUT2D eigenvalue weighted by molar-refractivity contribution is 6.10. The van der Waals surface area contributed by atoms with Crippen molar-refractivity contribution in [3.05, 3.63) is 89.6 Å². The van der Waals surface area contributed by atoms with E-state index in [0.29, 0.717) is 34.1 Å². The second kappa shape index (κ2) is 10.7. The molecule has 0 heterocycles. The highest BCUT2D eigenvalue weighted by Crippen LogP contribution is 2.32. The van der Waals surface area contributed by atoms with Crippen molar-refractivity contribution < 1.29 is 23.8 Å². The number of nitrogens with one attached hydrogen (secondary N) is 2. The third kappa shape index (κ3) is 5.46. The molecule has 0 saturated heterocycles. The van der Waals surface area contributed by atoms with Gasteiger partial charge in [-0.1, -0.05) is 30.3 Å². The fraction of sp³-hybridized carbons (Fsp3) is 0.120. The third-order valence-electron chi connectivity index (χ3n) is 4.61. The van der Waals surface area contributed by atoms with Crippen molar-refractivity contribution >= 4 is 23.6 Å². The molecular formula is C25H24N2O5. The van der Waals surface area contributed by atoms with Crippen molar-refractivity contribution in [3.63, 3.8) is 0 Å². The molecule has 164 valence electrons. The summed E-state index contributed by atoms with van der Waals surface area (Å²) in [5.74, 6) is 0.703. The maximum atomic E-state index is 13.1. The van der Waals surface area contributed by atoms with Crippen molar-refractivity contribution in [1.29, 1.82) is 0 Å². The van der Waals surface area contributed by atoms with E-state index in [4.69, 9.17) is 14.2 Å². The van der Waals surface area contributed by atoms with Crippen LogP contribution in [0, 0.1) is 0 Å². The predicted octanol–water partition coefficient (Wildman–Crippen LogP) is 4.12. The first-order chi connectivity index (χ1) is 15.5. The molecule has 0 aromatic heterocycles. The van der Waals surface area contributed by atoms with E-state index in [1.807, 2.05) is 6.07 Å². The Morgan fingerprint density at radius 2 is 1.50 bits per heavy atom. The predicted molar refractivity (Wildman–Crippen MR) is 123 cm³/mol. The lowest BCUT2D eigenvalue weighted by Crippen LogP contribution is -2.30. The lowest BCUT2D eigenvalue weighted by Gasteiger charge is -2.14. The van der Waals surface area contributed by atoms with Gasteiger partial charge < -0.3 is 24.8 Å². The Bertz CT molecular complexity index is 1110. The van der Waals surface area contributed by atoms with Gasteiger partial charge in [0.05, 0.1) is 21.3 Å². The average molecular weight is 432 g/mol. The molecule has 2 amide bonds. The van der Waals surface area contributed by atoms with Crippen LogP contribution in [-0.2, 0) is 4.79 Å². The van der Waals surface area contributed by atoms with Crippen LogP contribution in [0.2, 0.25) is 0 Å². The number of hydrogen-bond donors (Lipinski definition) is 2. The molecule has 0 saturated carbocycles. The fourth-order valence-electron chi connectivity index (χ4n) is 3.00. The summed E-state index contributed by atoms with van der Waals surface area (Å²) < 4.78 is 15.9. The summed E-state index contributed by atoms with van der Waals surface area (Å²) in [4.78, 5) is 25.9. The van der Waals surface area contributed by atoms with E-state index in [1.54, 1.807) is 79.9 Å². The lowest BCUT2D eigenvalue weighted by atomic mass is 10.1. The Morgan fingerprint density at radius 3 is 2.12 bits per heavy atom. The van der Waals surface area contributed by atoms with Crippen LogP contribution in [0.4, 0.5) is 5.69 Å². The molecule has 0 radical (unpaired) electrons. The molecule has 3 aromatic carbocycles. The van der Waals surface area contributed by atoms with Crippen LogP contribution < -0.4 is 24.8 Å². The van der Waals surface area contributed by atoms with E-state index in [2.05, 4.69) is 10.6 Å². The summed E-state index contributed by atoms with van der Waals surface area (Å²) in [6.07, 6.45) is 1.54. The zero-order valence-corrected chi connectivity index (χ0v) is 18.0. The molecule has 0 fully saturated rings. The maximum absolute atomic E-state index is 13.1. The van der Waals surface area contributed by atoms with Gasteiger partial charge in [-0.15, -0.1) is 0 Å². The molecule has 0 atom stereocenters. The highest BCUT2D eigenvalue weighted by Gasteiger charge is 2.17. The van der Waals surface area contributed by atoms with Gasteiger partial charge in [-0.05, 0) is 48.5 Å². The summed E-state index contributed by atoms with van der Waals surface area (Å²) in [6.45, 7) is 0. The molecule has 3 rings (SSSR count). The summed E-state index contributed by atoms with van der Waals surface area (Å²) in [7, 11) is 4.60. The molecule has 7 heteroatoms. The Balaban J connectivity index is 1.96. The van der Waals surface area contributed by atoms with Crippen LogP contribution in [-0.4, -0.2) is 33.1 Å². The molecular weight excluding hydrogens is 408 g/mol. The molecule has 0 aliphatic carbocycles. The van der Waals surface area contributed by atoms with Crippen LogP contribution in [0.1, 0.15) is 15.9 Å². The normalized spacial score (nSPS) is 10.8. The SMILES string of the molecule is COc1ccc(NC(=O)/C(=C/c2cccc(OC)c2OC)NC(=O)c2ccccc2)cc1. The van der Waals surface area contributed by atoms with Crippen LogP contribution in [0.15, 0.2) is 78.5 Å². The summed E-state index contributed by atoms with van der Waals surface area (Å²) in [5, 5.41) is 5.49. The van der Waals surface area contributed by atoms with Crippen LogP contribution in [0.25, 0.3) is 6.08 Å². The first kappa shape index (κ1) is 22.4. The van der Waals surface area contributed by atoms with Gasteiger partial charge in [-0.25, -0.2) is 0 Å². The number of methoxy groups -OCH3 is 3. The number of para-hydroxylation sites is 1. The molecule has 3 aromatic rings. The zero-order valence-electron chi connectivity index (χ0n) is 18.0. The second-order valence-corrected chi connectivity index (χ2v) is 6.64. The quantitative estimate of drug-likeness (QED) is 0.523. The fourth-order valence-corrected chi connectivity index (χ4v) is 3.00. The number of amides is 2. The standard InChI is InChI=1S/C25H24N2O5/c1-30-20-14-12-19(13-15-20)26-25(29)21(27-24(28)17-8-5-4-6-9-17)16-18-10-7-11-22(31-2)23(18)32-3/h4-16H,1-3H3,(H,26,29)(H,27,28)/b21-16-. The van der Waals surface area contributed by atoms with Gasteiger partial charge in [-0.3, -0.25) is 9.59 Å². The largest absolute Gasteiger partial charge is 0.497 e. The van der Waals surface area contributed by atoms with E-state index in [9.17, 15) is 9.59 Å². The van der Waals surface area contributed by atoms with Gasteiger partial charge in [0.1, 0.15) is 11.4 Å². The number of carbonyl (C=O) groups is 2. The molecule has 32 heavy (non-hydrogen) atoms. The van der Waals surface area contributed by atoms with Crippen LogP contribution >= 0.6 is 0 Å². The lowest BCUT2D eigenvalue weighted by molar-refractivity contribution is -0.113. The number of anilines is 1. The Morgan fingerprint density at radius 1 is 0.781 bits per heavy atom. The first-order valence-corrected chi connectivity index (χ1v) is 9.80. The van der Waals surface area contributed by atoms with E-state index in [-0.39, 0.29) is 5.70 Å². The van der Waals surface area contributed by atoms with E-state index < -0.39 is 11.8 Å². The molecule has 0 unspecified atom stereocenters. The molecule has 2 N–H and O–H groups in total. The third-order valence-corrected chi connectivity index (χ3v) is 4.61.